The zero-order chi connectivity index (χ0) is 18.6. The molecule has 0 aromatic heterocycles. The van der Waals surface area contributed by atoms with Gasteiger partial charge in [-0.1, -0.05) is 48.5 Å². The Labute approximate surface area is 156 Å². The Morgan fingerprint density at radius 2 is 1.81 bits per heavy atom. The first-order valence-corrected chi connectivity index (χ1v) is 9.09. The van der Waals surface area contributed by atoms with E-state index in [0.717, 1.165) is 30.2 Å². The minimum Gasteiger partial charge on any atom is -0.494 e. The van der Waals surface area contributed by atoms with Crippen LogP contribution in [0.1, 0.15) is 24.0 Å². The van der Waals surface area contributed by atoms with Crippen LogP contribution in [0.3, 0.4) is 0 Å². The van der Waals surface area contributed by atoms with Crippen LogP contribution in [-0.2, 0) is 6.42 Å². The third-order valence-corrected chi connectivity index (χ3v) is 4.19. The van der Waals surface area contributed by atoms with Crippen molar-refractivity contribution in [2.24, 2.45) is 4.99 Å². The molecule has 0 aliphatic heterocycles. The van der Waals surface area contributed by atoms with E-state index in [-0.39, 0.29) is 12.5 Å². The van der Waals surface area contributed by atoms with E-state index >= 15 is 0 Å². The van der Waals surface area contributed by atoms with Gasteiger partial charge in [-0.3, -0.25) is 4.99 Å². The Morgan fingerprint density at radius 3 is 2.50 bits per heavy atom. The monoisotopic (exact) mass is 355 g/mol. The van der Waals surface area contributed by atoms with Crippen LogP contribution in [0.4, 0.5) is 0 Å². The first-order valence-electron chi connectivity index (χ1n) is 9.09. The normalized spacial score (nSPS) is 12.5. The van der Waals surface area contributed by atoms with Gasteiger partial charge in [0.1, 0.15) is 5.75 Å². The van der Waals surface area contributed by atoms with Crippen LogP contribution in [0.15, 0.2) is 59.6 Å². The zero-order valence-corrected chi connectivity index (χ0v) is 15.6. The minimum absolute atomic E-state index is 0.0356. The third kappa shape index (κ3) is 6.08. The zero-order valence-electron chi connectivity index (χ0n) is 15.6. The van der Waals surface area contributed by atoms with E-state index in [4.69, 9.17) is 4.74 Å². The van der Waals surface area contributed by atoms with Gasteiger partial charge in [0.15, 0.2) is 5.96 Å². The molecule has 0 spiro atoms. The second kappa shape index (κ2) is 11.2. The van der Waals surface area contributed by atoms with Crippen molar-refractivity contribution in [2.75, 3.05) is 33.4 Å². The number of guanidine groups is 1. The molecule has 3 N–H and O–H groups in total. The van der Waals surface area contributed by atoms with Crippen molar-refractivity contribution in [3.63, 3.8) is 0 Å². The highest BCUT2D eigenvalue weighted by Crippen LogP contribution is 2.18. The van der Waals surface area contributed by atoms with Gasteiger partial charge in [-0.05, 0) is 30.5 Å². The summed E-state index contributed by atoms with van der Waals surface area (Å²) >= 11 is 0. The lowest BCUT2D eigenvalue weighted by atomic mass is 10.0. The van der Waals surface area contributed by atoms with Gasteiger partial charge in [0, 0.05) is 26.1 Å². The van der Waals surface area contributed by atoms with Crippen LogP contribution in [0.25, 0.3) is 0 Å². The number of ether oxygens (including phenoxy) is 1. The summed E-state index contributed by atoms with van der Waals surface area (Å²) in [4.78, 5) is 4.26. The number of aliphatic hydroxyl groups is 1. The Bertz CT molecular complexity index is 674. The summed E-state index contributed by atoms with van der Waals surface area (Å²) in [5.74, 6) is 1.70. The molecule has 140 valence electrons. The molecule has 2 aromatic rings. The third-order valence-electron chi connectivity index (χ3n) is 4.19. The number of aliphatic hydroxyl groups excluding tert-OH is 1. The summed E-state index contributed by atoms with van der Waals surface area (Å²) in [7, 11) is 1.75. The Morgan fingerprint density at radius 1 is 1.08 bits per heavy atom. The SMILES string of the molecule is CCOc1ccccc1CCNC(=NC)NCC(CO)c1ccccc1. The van der Waals surface area contributed by atoms with E-state index in [2.05, 4.69) is 21.7 Å². The lowest BCUT2D eigenvalue weighted by molar-refractivity contribution is 0.265. The molecular formula is C21H29N3O2. The van der Waals surface area contributed by atoms with E-state index in [1.165, 1.54) is 5.56 Å². The molecule has 0 aliphatic rings. The summed E-state index contributed by atoms with van der Waals surface area (Å²) < 4.78 is 5.66. The van der Waals surface area contributed by atoms with E-state index < -0.39 is 0 Å². The number of nitrogens with zero attached hydrogens (tertiary/aromatic N) is 1. The van der Waals surface area contributed by atoms with Crippen LogP contribution >= 0.6 is 0 Å². The molecule has 0 fully saturated rings. The van der Waals surface area contributed by atoms with Crippen molar-refractivity contribution in [3.8, 4) is 5.75 Å². The van der Waals surface area contributed by atoms with Crippen LogP contribution in [0.5, 0.6) is 5.75 Å². The van der Waals surface area contributed by atoms with Gasteiger partial charge in [-0.25, -0.2) is 0 Å². The summed E-state index contributed by atoms with van der Waals surface area (Å²) in [5.41, 5.74) is 2.29. The molecule has 0 aliphatic carbocycles. The van der Waals surface area contributed by atoms with Gasteiger partial charge >= 0.3 is 0 Å². The van der Waals surface area contributed by atoms with Gasteiger partial charge in [-0.2, -0.15) is 0 Å². The van der Waals surface area contributed by atoms with E-state index in [0.29, 0.717) is 13.2 Å². The maximum Gasteiger partial charge on any atom is 0.191 e. The second-order valence-electron chi connectivity index (χ2n) is 5.96. The van der Waals surface area contributed by atoms with E-state index in [1.54, 1.807) is 7.05 Å². The van der Waals surface area contributed by atoms with Crippen molar-refractivity contribution < 1.29 is 9.84 Å². The molecule has 2 rings (SSSR count). The van der Waals surface area contributed by atoms with Gasteiger partial charge in [-0.15, -0.1) is 0 Å². The molecule has 5 nitrogen and oxygen atoms in total. The predicted octanol–water partition coefficient (Wildman–Crippen LogP) is 2.57. The van der Waals surface area contributed by atoms with Crippen LogP contribution in [0, 0.1) is 0 Å². The predicted molar refractivity (Wildman–Crippen MR) is 107 cm³/mol. The van der Waals surface area contributed by atoms with Crippen molar-refractivity contribution in [3.05, 3.63) is 65.7 Å². The average molecular weight is 355 g/mol. The van der Waals surface area contributed by atoms with E-state index in [1.807, 2.05) is 55.5 Å². The maximum absolute atomic E-state index is 9.66. The molecule has 0 amide bonds. The molecular weight excluding hydrogens is 326 g/mol. The van der Waals surface area contributed by atoms with Gasteiger partial charge in [0.05, 0.1) is 13.2 Å². The summed E-state index contributed by atoms with van der Waals surface area (Å²) in [6.07, 6.45) is 0.846. The van der Waals surface area contributed by atoms with E-state index in [9.17, 15) is 5.11 Å². The Hall–Kier alpha value is -2.53. The first kappa shape index (κ1) is 19.8. The molecule has 0 saturated carbocycles. The van der Waals surface area contributed by atoms with Crippen molar-refractivity contribution in [2.45, 2.75) is 19.3 Å². The average Bonchev–Trinajstić information content (AvgIpc) is 2.69. The number of para-hydroxylation sites is 1. The number of nitrogens with one attached hydrogen (secondary N) is 2. The summed E-state index contributed by atoms with van der Waals surface area (Å²) in [6, 6.07) is 18.1. The molecule has 0 heterocycles. The highest BCUT2D eigenvalue weighted by atomic mass is 16.5. The smallest absolute Gasteiger partial charge is 0.191 e. The van der Waals surface area contributed by atoms with Gasteiger partial charge in [0.2, 0.25) is 0 Å². The maximum atomic E-state index is 9.66. The number of hydrogen-bond donors (Lipinski definition) is 3. The molecule has 1 unspecified atom stereocenters. The minimum atomic E-state index is 0.0356. The molecule has 5 heteroatoms. The molecule has 26 heavy (non-hydrogen) atoms. The topological polar surface area (TPSA) is 65.9 Å². The number of benzene rings is 2. The fourth-order valence-electron chi connectivity index (χ4n) is 2.78. The molecule has 0 bridgehead atoms. The Balaban J connectivity index is 1.83. The highest BCUT2D eigenvalue weighted by molar-refractivity contribution is 5.79. The molecule has 0 saturated heterocycles. The molecule has 1 atom stereocenters. The molecule has 0 radical (unpaired) electrons. The standard InChI is InChI=1S/C21H29N3O2/c1-3-26-20-12-8-7-11-18(20)13-14-23-21(22-2)24-15-19(16-25)17-9-5-4-6-10-17/h4-12,19,25H,3,13-16H2,1-2H3,(H2,22,23,24). The first-order chi connectivity index (χ1) is 12.8. The lowest BCUT2D eigenvalue weighted by Gasteiger charge is -2.18. The summed E-state index contributed by atoms with van der Waals surface area (Å²) in [5, 5.41) is 16.3. The number of hydrogen-bond acceptors (Lipinski definition) is 3. The van der Waals surface area contributed by atoms with Gasteiger partial charge in [0.25, 0.3) is 0 Å². The number of aliphatic imine (C=N–C) groups is 1. The van der Waals surface area contributed by atoms with Crippen LogP contribution in [-0.4, -0.2) is 44.4 Å². The van der Waals surface area contributed by atoms with Crippen molar-refractivity contribution >= 4 is 5.96 Å². The Kier molecular flexibility index (Phi) is 8.49. The van der Waals surface area contributed by atoms with Crippen molar-refractivity contribution in [1.82, 2.24) is 10.6 Å². The van der Waals surface area contributed by atoms with Crippen LogP contribution < -0.4 is 15.4 Å². The largest absolute Gasteiger partial charge is 0.494 e. The van der Waals surface area contributed by atoms with Crippen molar-refractivity contribution in [1.29, 1.82) is 0 Å². The fraction of sp³-hybridized carbons (Fsp3) is 0.381. The molecule has 2 aromatic carbocycles. The quantitative estimate of drug-likeness (QED) is 0.478. The number of rotatable bonds is 9. The van der Waals surface area contributed by atoms with Gasteiger partial charge < -0.3 is 20.5 Å². The fourth-order valence-corrected chi connectivity index (χ4v) is 2.78. The summed E-state index contributed by atoms with van der Waals surface area (Å²) in [6.45, 7) is 4.12. The lowest BCUT2D eigenvalue weighted by Crippen LogP contribution is -2.40. The second-order valence-corrected chi connectivity index (χ2v) is 5.96. The van der Waals surface area contributed by atoms with Crippen LogP contribution in [0.2, 0.25) is 0 Å². The highest BCUT2D eigenvalue weighted by Gasteiger charge is 2.11.